The number of hydrogen-bond donors (Lipinski definition) is 1. The van der Waals surface area contributed by atoms with Crippen LogP contribution < -0.4 is 5.32 Å². The lowest BCUT2D eigenvalue weighted by Gasteiger charge is -2.27. The number of benzene rings is 1. The van der Waals surface area contributed by atoms with E-state index in [1.165, 1.54) is 23.0 Å². The van der Waals surface area contributed by atoms with Gasteiger partial charge in [0.05, 0.1) is 11.7 Å². The molecule has 1 atom stereocenters. The van der Waals surface area contributed by atoms with Crippen LogP contribution in [0, 0.1) is 13.8 Å². The molecule has 1 amide bonds. The molecule has 1 aliphatic carbocycles. The smallest absolute Gasteiger partial charge is 0.256 e. The van der Waals surface area contributed by atoms with Gasteiger partial charge in [-0.3, -0.25) is 4.79 Å². The maximum Gasteiger partial charge on any atom is 0.256 e. The van der Waals surface area contributed by atoms with E-state index in [0.29, 0.717) is 11.3 Å². The monoisotopic (exact) mass is 270 g/mol. The van der Waals surface area contributed by atoms with Crippen LogP contribution in [-0.2, 0) is 6.42 Å². The summed E-state index contributed by atoms with van der Waals surface area (Å²) in [5, 5.41) is 6.86. The zero-order valence-electron chi connectivity index (χ0n) is 11.8. The van der Waals surface area contributed by atoms with Crippen LogP contribution in [0.25, 0.3) is 0 Å². The minimum absolute atomic E-state index is 0.0837. The third kappa shape index (κ3) is 2.22. The Kier molecular flexibility index (Phi) is 3.30. The highest BCUT2D eigenvalue weighted by molar-refractivity contribution is 5.95. The average molecular weight is 270 g/mol. The molecule has 0 radical (unpaired) electrons. The van der Waals surface area contributed by atoms with Gasteiger partial charge >= 0.3 is 0 Å². The molecule has 0 bridgehead atoms. The van der Waals surface area contributed by atoms with Crippen molar-refractivity contribution >= 4 is 5.91 Å². The van der Waals surface area contributed by atoms with Crippen LogP contribution in [0.1, 0.15) is 51.6 Å². The molecule has 0 fully saturated rings. The molecule has 1 aromatic carbocycles. The molecule has 4 heteroatoms. The van der Waals surface area contributed by atoms with E-state index in [4.69, 9.17) is 4.52 Å². The minimum Gasteiger partial charge on any atom is -0.364 e. The van der Waals surface area contributed by atoms with E-state index < -0.39 is 0 Å². The van der Waals surface area contributed by atoms with Gasteiger partial charge in [-0.15, -0.1) is 0 Å². The molecule has 1 aromatic heterocycles. The standard InChI is InChI=1S/C16H18N2O2/c1-10-5-3-7-13-12(10)6-4-8-15(13)17-16(19)14-9-20-18-11(14)2/h3,5,7,9,15H,4,6,8H2,1-2H3,(H,17,19)/t15-/m1/s1. The summed E-state index contributed by atoms with van der Waals surface area (Å²) >= 11 is 0. The Hall–Kier alpha value is -2.10. The van der Waals surface area contributed by atoms with Gasteiger partial charge in [0.2, 0.25) is 0 Å². The molecule has 1 N–H and O–H groups in total. The number of carbonyl (C=O) groups is 1. The van der Waals surface area contributed by atoms with Crippen molar-refractivity contribution in [2.45, 2.75) is 39.2 Å². The summed E-state index contributed by atoms with van der Waals surface area (Å²) in [6.07, 6.45) is 4.59. The van der Waals surface area contributed by atoms with Crippen molar-refractivity contribution in [3.05, 3.63) is 52.4 Å². The van der Waals surface area contributed by atoms with Crippen LogP contribution in [0.15, 0.2) is 29.0 Å². The molecule has 1 aliphatic rings. The van der Waals surface area contributed by atoms with Gasteiger partial charge in [-0.1, -0.05) is 23.4 Å². The maximum absolute atomic E-state index is 12.3. The second-order valence-electron chi connectivity index (χ2n) is 5.37. The van der Waals surface area contributed by atoms with Crippen LogP contribution in [0.3, 0.4) is 0 Å². The fourth-order valence-corrected chi connectivity index (χ4v) is 2.93. The van der Waals surface area contributed by atoms with Crippen molar-refractivity contribution in [3.63, 3.8) is 0 Å². The highest BCUT2D eigenvalue weighted by atomic mass is 16.5. The lowest BCUT2D eigenvalue weighted by molar-refractivity contribution is 0.0931. The van der Waals surface area contributed by atoms with Gasteiger partial charge in [-0.25, -0.2) is 0 Å². The van der Waals surface area contributed by atoms with Crippen molar-refractivity contribution in [2.75, 3.05) is 0 Å². The second kappa shape index (κ2) is 5.12. The molecule has 2 aromatic rings. The van der Waals surface area contributed by atoms with E-state index in [0.717, 1.165) is 19.3 Å². The molecule has 1 heterocycles. The van der Waals surface area contributed by atoms with Crippen LogP contribution >= 0.6 is 0 Å². The van der Waals surface area contributed by atoms with Gasteiger partial charge in [-0.05, 0) is 49.8 Å². The van der Waals surface area contributed by atoms with Gasteiger partial charge in [0.25, 0.3) is 5.91 Å². The lowest BCUT2D eigenvalue weighted by Crippen LogP contribution is -2.31. The Morgan fingerprint density at radius 3 is 3.00 bits per heavy atom. The molecular formula is C16H18N2O2. The summed E-state index contributed by atoms with van der Waals surface area (Å²) in [7, 11) is 0. The number of fused-ring (bicyclic) bond motifs is 1. The second-order valence-corrected chi connectivity index (χ2v) is 5.37. The minimum atomic E-state index is -0.108. The Bertz CT molecular complexity index is 646. The van der Waals surface area contributed by atoms with Crippen molar-refractivity contribution in [1.82, 2.24) is 10.5 Å². The zero-order valence-corrected chi connectivity index (χ0v) is 11.8. The van der Waals surface area contributed by atoms with Crippen LogP contribution in [-0.4, -0.2) is 11.1 Å². The molecule has 0 saturated heterocycles. The lowest BCUT2D eigenvalue weighted by atomic mass is 9.85. The van der Waals surface area contributed by atoms with E-state index in [9.17, 15) is 4.79 Å². The molecule has 0 spiro atoms. The van der Waals surface area contributed by atoms with E-state index in [2.05, 4.69) is 35.6 Å². The number of nitrogens with one attached hydrogen (secondary N) is 1. The maximum atomic E-state index is 12.3. The van der Waals surface area contributed by atoms with Crippen molar-refractivity contribution < 1.29 is 9.32 Å². The van der Waals surface area contributed by atoms with Gasteiger partial charge in [0, 0.05) is 0 Å². The third-order valence-electron chi connectivity index (χ3n) is 4.04. The summed E-state index contributed by atoms with van der Waals surface area (Å²) in [6, 6.07) is 6.39. The first-order valence-electron chi connectivity index (χ1n) is 6.97. The normalized spacial score (nSPS) is 17.6. The first kappa shape index (κ1) is 12.9. The molecular weight excluding hydrogens is 252 g/mol. The molecule has 104 valence electrons. The third-order valence-corrected chi connectivity index (χ3v) is 4.04. The van der Waals surface area contributed by atoms with E-state index >= 15 is 0 Å². The molecule has 20 heavy (non-hydrogen) atoms. The number of nitrogens with zero attached hydrogens (tertiary/aromatic N) is 1. The van der Waals surface area contributed by atoms with E-state index in [1.54, 1.807) is 6.92 Å². The topological polar surface area (TPSA) is 55.1 Å². The molecule has 0 unspecified atom stereocenters. The highest BCUT2D eigenvalue weighted by Crippen LogP contribution is 2.31. The Morgan fingerprint density at radius 1 is 1.40 bits per heavy atom. The Labute approximate surface area is 118 Å². The predicted molar refractivity (Wildman–Crippen MR) is 75.6 cm³/mol. The molecule has 4 nitrogen and oxygen atoms in total. The average Bonchev–Trinajstić information content (AvgIpc) is 2.86. The number of aromatic nitrogens is 1. The first-order valence-corrected chi connectivity index (χ1v) is 6.97. The SMILES string of the molecule is Cc1cccc2c1CCC[C@H]2NC(=O)c1conc1C. The van der Waals surface area contributed by atoms with Gasteiger partial charge in [0.1, 0.15) is 11.8 Å². The first-order chi connectivity index (χ1) is 9.66. The number of amides is 1. The highest BCUT2D eigenvalue weighted by Gasteiger charge is 2.24. The van der Waals surface area contributed by atoms with Crippen LogP contribution in [0.4, 0.5) is 0 Å². The summed E-state index contributed by atoms with van der Waals surface area (Å²) in [6.45, 7) is 3.91. The Balaban J connectivity index is 1.85. The zero-order chi connectivity index (χ0) is 14.1. The van der Waals surface area contributed by atoms with Crippen LogP contribution in [0.2, 0.25) is 0 Å². The molecule has 3 rings (SSSR count). The quantitative estimate of drug-likeness (QED) is 0.912. The Morgan fingerprint density at radius 2 is 2.25 bits per heavy atom. The number of carbonyl (C=O) groups excluding carboxylic acids is 1. The van der Waals surface area contributed by atoms with Gasteiger partial charge < -0.3 is 9.84 Å². The fraction of sp³-hybridized carbons (Fsp3) is 0.375. The van der Waals surface area contributed by atoms with E-state index in [-0.39, 0.29) is 11.9 Å². The van der Waals surface area contributed by atoms with Gasteiger partial charge in [-0.2, -0.15) is 0 Å². The summed E-state index contributed by atoms with van der Waals surface area (Å²) < 4.78 is 4.83. The summed E-state index contributed by atoms with van der Waals surface area (Å²) in [4.78, 5) is 12.3. The summed E-state index contributed by atoms with van der Waals surface area (Å²) in [5.74, 6) is -0.108. The number of hydrogen-bond acceptors (Lipinski definition) is 3. The fourth-order valence-electron chi connectivity index (χ4n) is 2.93. The predicted octanol–water partition coefficient (Wildman–Crippen LogP) is 3.10. The number of aryl methyl sites for hydroxylation is 2. The molecule has 0 saturated carbocycles. The number of rotatable bonds is 2. The van der Waals surface area contributed by atoms with Crippen LogP contribution in [0.5, 0.6) is 0 Å². The van der Waals surface area contributed by atoms with E-state index in [1.807, 2.05) is 0 Å². The van der Waals surface area contributed by atoms with Crippen molar-refractivity contribution in [1.29, 1.82) is 0 Å². The van der Waals surface area contributed by atoms with Crippen molar-refractivity contribution in [2.24, 2.45) is 0 Å². The van der Waals surface area contributed by atoms with Crippen molar-refractivity contribution in [3.8, 4) is 0 Å². The molecule has 0 aliphatic heterocycles. The largest absolute Gasteiger partial charge is 0.364 e. The van der Waals surface area contributed by atoms with Gasteiger partial charge in [0.15, 0.2) is 0 Å². The summed E-state index contributed by atoms with van der Waals surface area (Å²) in [5.41, 5.74) is 5.08.